The van der Waals surface area contributed by atoms with Crippen molar-refractivity contribution in [1.82, 2.24) is 9.80 Å². The Bertz CT molecular complexity index is 1110. The molecule has 1 aliphatic heterocycles. The van der Waals surface area contributed by atoms with Gasteiger partial charge in [0.05, 0.1) is 9.80 Å². The summed E-state index contributed by atoms with van der Waals surface area (Å²) in [7, 11) is 0. The smallest absolute Gasteiger partial charge is 0.310 e. The maximum absolute atomic E-state index is 13.4. The number of nitro groups is 1. The monoisotopic (exact) mass is 455 g/mol. The highest BCUT2D eigenvalue weighted by Crippen LogP contribution is 2.27. The largest absolute Gasteiger partial charge is 0.482 e. The van der Waals surface area contributed by atoms with E-state index in [1.165, 1.54) is 29.5 Å². The predicted octanol–water partition coefficient (Wildman–Crippen LogP) is 4.33. The van der Waals surface area contributed by atoms with Crippen LogP contribution in [0.4, 0.5) is 10.1 Å². The van der Waals surface area contributed by atoms with Crippen molar-refractivity contribution in [3.8, 4) is 5.75 Å². The molecule has 1 fully saturated rings. The Morgan fingerprint density at radius 2 is 1.84 bits per heavy atom. The van der Waals surface area contributed by atoms with Gasteiger partial charge < -0.3 is 9.64 Å². The van der Waals surface area contributed by atoms with Crippen molar-refractivity contribution in [1.29, 1.82) is 0 Å². The van der Waals surface area contributed by atoms with Crippen molar-refractivity contribution in [2.24, 2.45) is 0 Å². The molecule has 4 rings (SSSR count). The lowest BCUT2D eigenvalue weighted by Crippen LogP contribution is -2.48. The fourth-order valence-corrected chi connectivity index (χ4v) is 4.48. The van der Waals surface area contributed by atoms with Crippen molar-refractivity contribution in [3.05, 3.63) is 91.9 Å². The van der Waals surface area contributed by atoms with Gasteiger partial charge in [-0.25, -0.2) is 4.39 Å². The number of para-hydroxylation sites is 2. The second kappa shape index (κ2) is 9.88. The molecule has 3 aromatic rings. The fraction of sp³-hybridized carbons (Fsp3) is 0.261. The molecular formula is C23H22FN3O4S. The van der Waals surface area contributed by atoms with Gasteiger partial charge in [-0.05, 0) is 35.2 Å². The number of piperazine rings is 1. The van der Waals surface area contributed by atoms with Crippen LogP contribution >= 0.6 is 11.3 Å². The lowest BCUT2D eigenvalue weighted by atomic mass is 10.2. The molecule has 1 saturated heterocycles. The summed E-state index contributed by atoms with van der Waals surface area (Å²) in [6.45, 7) is 3.46. The second-order valence-electron chi connectivity index (χ2n) is 7.53. The Kier molecular flexibility index (Phi) is 6.77. The van der Waals surface area contributed by atoms with Gasteiger partial charge in [-0.2, -0.15) is 0 Å². The highest BCUT2D eigenvalue weighted by Gasteiger charge is 2.23. The summed E-state index contributed by atoms with van der Waals surface area (Å²) < 4.78 is 19.0. The van der Waals surface area contributed by atoms with Gasteiger partial charge in [0.25, 0.3) is 5.91 Å². The van der Waals surface area contributed by atoms with E-state index in [-0.39, 0.29) is 29.8 Å². The van der Waals surface area contributed by atoms with Gasteiger partial charge in [0.1, 0.15) is 12.4 Å². The van der Waals surface area contributed by atoms with Gasteiger partial charge in [0.2, 0.25) is 0 Å². The molecule has 1 aliphatic rings. The lowest BCUT2D eigenvalue weighted by molar-refractivity contribution is -0.385. The first kappa shape index (κ1) is 21.9. The topological polar surface area (TPSA) is 75.9 Å². The minimum atomic E-state index is -0.480. The Labute approximate surface area is 188 Å². The summed E-state index contributed by atoms with van der Waals surface area (Å²) >= 11 is 1.34. The minimum absolute atomic E-state index is 0.0302. The summed E-state index contributed by atoms with van der Waals surface area (Å²) in [5.74, 6) is -0.0704. The van der Waals surface area contributed by atoms with E-state index >= 15 is 0 Å². The molecule has 0 saturated carbocycles. The maximum atomic E-state index is 13.4. The molecule has 0 bridgehead atoms. The van der Waals surface area contributed by atoms with Crippen molar-refractivity contribution in [2.45, 2.75) is 13.2 Å². The zero-order valence-corrected chi connectivity index (χ0v) is 18.1. The van der Waals surface area contributed by atoms with Crippen molar-refractivity contribution < 1.29 is 18.8 Å². The number of nitrogens with zero attached hydrogens (tertiary/aromatic N) is 3. The van der Waals surface area contributed by atoms with Crippen LogP contribution in [0.15, 0.2) is 60.0 Å². The van der Waals surface area contributed by atoms with E-state index in [9.17, 15) is 19.3 Å². The molecule has 1 aromatic heterocycles. The van der Waals surface area contributed by atoms with Crippen molar-refractivity contribution in [3.63, 3.8) is 0 Å². The molecule has 2 aromatic carbocycles. The Balaban J connectivity index is 1.30. The third-order valence-electron chi connectivity index (χ3n) is 5.28. The van der Waals surface area contributed by atoms with Crippen LogP contribution in [-0.4, -0.2) is 46.8 Å². The summed E-state index contributed by atoms with van der Waals surface area (Å²) in [4.78, 5) is 28.1. The highest BCUT2D eigenvalue weighted by atomic mass is 32.1. The van der Waals surface area contributed by atoms with Gasteiger partial charge in [0, 0.05) is 44.4 Å². The van der Waals surface area contributed by atoms with Crippen molar-refractivity contribution >= 4 is 22.9 Å². The average Bonchev–Trinajstić information content (AvgIpc) is 3.27. The number of carbonyl (C=O) groups excluding carboxylic acids is 1. The number of amides is 1. The van der Waals surface area contributed by atoms with E-state index < -0.39 is 4.92 Å². The van der Waals surface area contributed by atoms with Gasteiger partial charge in [0.15, 0.2) is 5.75 Å². The first-order valence-corrected chi connectivity index (χ1v) is 11.1. The first-order chi connectivity index (χ1) is 15.5. The van der Waals surface area contributed by atoms with Crippen molar-refractivity contribution in [2.75, 3.05) is 26.2 Å². The average molecular weight is 456 g/mol. The maximum Gasteiger partial charge on any atom is 0.310 e. The first-order valence-electron chi connectivity index (χ1n) is 10.2. The molecule has 166 valence electrons. The second-order valence-corrected chi connectivity index (χ2v) is 8.44. The SMILES string of the molecule is O=C(c1cc(COc2ccccc2[N+](=O)[O-])cs1)N1CCN(Cc2cccc(F)c2)CC1. The summed E-state index contributed by atoms with van der Waals surface area (Å²) in [6.07, 6.45) is 0. The van der Waals surface area contributed by atoms with Crippen LogP contribution in [0.25, 0.3) is 0 Å². The quantitative estimate of drug-likeness (QED) is 0.392. The zero-order valence-electron chi connectivity index (χ0n) is 17.3. The lowest BCUT2D eigenvalue weighted by Gasteiger charge is -2.34. The summed E-state index contributed by atoms with van der Waals surface area (Å²) in [5, 5.41) is 12.9. The van der Waals surface area contributed by atoms with Crippen LogP contribution in [0.5, 0.6) is 5.75 Å². The zero-order chi connectivity index (χ0) is 22.5. The third kappa shape index (κ3) is 5.30. The summed E-state index contributed by atoms with van der Waals surface area (Å²) in [5.41, 5.74) is 1.63. The van der Waals surface area contributed by atoms with Gasteiger partial charge in [-0.1, -0.05) is 24.3 Å². The van der Waals surface area contributed by atoms with Crippen LogP contribution in [0.2, 0.25) is 0 Å². The fourth-order valence-electron chi connectivity index (χ4n) is 3.61. The Morgan fingerprint density at radius 1 is 1.06 bits per heavy atom. The van der Waals surface area contributed by atoms with E-state index in [4.69, 9.17) is 4.74 Å². The van der Waals surface area contributed by atoms with Crippen LogP contribution < -0.4 is 4.74 Å². The Morgan fingerprint density at radius 3 is 2.59 bits per heavy atom. The number of hydrogen-bond acceptors (Lipinski definition) is 6. The standard InChI is InChI=1S/C23H22FN3O4S/c24-19-5-3-4-17(12-19)14-25-8-10-26(11-9-25)23(28)22-13-18(16-32-22)15-31-21-7-2-1-6-20(21)27(29)30/h1-7,12-13,16H,8-11,14-15H2. The van der Waals surface area contributed by atoms with E-state index in [0.717, 1.165) is 24.2 Å². The number of thiophene rings is 1. The van der Waals surface area contributed by atoms with Gasteiger partial charge in [-0.3, -0.25) is 19.8 Å². The number of benzene rings is 2. The molecule has 1 amide bonds. The Hall–Kier alpha value is -3.30. The van der Waals surface area contributed by atoms with E-state index in [2.05, 4.69) is 4.90 Å². The molecule has 7 nitrogen and oxygen atoms in total. The van der Waals surface area contributed by atoms with E-state index in [1.807, 2.05) is 16.3 Å². The molecule has 0 unspecified atom stereocenters. The number of ether oxygens (including phenoxy) is 1. The van der Waals surface area contributed by atoms with E-state index in [1.54, 1.807) is 30.3 Å². The molecule has 0 spiro atoms. The van der Waals surface area contributed by atoms with Crippen LogP contribution in [-0.2, 0) is 13.2 Å². The third-order valence-corrected chi connectivity index (χ3v) is 6.24. The van der Waals surface area contributed by atoms with Gasteiger partial charge in [-0.15, -0.1) is 11.3 Å². The number of nitro benzene ring substituents is 1. The number of rotatable bonds is 7. The van der Waals surface area contributed by atoms with Crippen LogP contribution in [0, 0.1) is 15.9 Å². The normalized spacial score (nSPS) is 14.3. The molecule has 2 heterocycles. The molecule has 0 radical (unpaired) electrons. The van der Waals surface area contributed by atoms with E-state index in [0.29, 0.717) is 24.5 Å². The molecular weight excluding hydrogens is 433 g/mol. The summed E-state index contributed by atoms with van der Waals surface area (Å²) in [6, 6.07) is 14.6. The van der Waals surface area contributed by atoms with Crippen LogP contribution in [0.1, 0.15) is 20.8 Å². The molecule has 9 heteroatoms. The number of halogens is 1. The molecule has 0 N–H and O–H groups in total. The van der Waals surface area contributed by atoms with Crippen LogP contribution in [0.3, 0.4) is 0 Å². The molecule has 0 aliphatic carbocycles. The number of carbonyl (C=O) groups is 1. The minimum Gasteiger partial charge on any atom is -0.482 e. The molecule has 0 atom stereocenters. The number of hydrogen-bond donors (Lipinski definition) is 0. The molecule has 32 heavy (non-hydrogen) atoms. The highest BCUT2D eigenvalue weighted by molar-refractivity contribution is 7.12. The van der Waals surface area contributed by atoms with Gasteiger partial charge >= 0.3 is 5.69 Å². The predicted molar refractivity (Wildman–Crippen MR) is 119 cm³/mol.